The molecule has 32 heavy (non-hydrogen) atoms. The van der Waals surface area contributed by atoms with Crippen molar-refractivity contribution in [2.45, 2.75) is 20.3 Å². The van der Waals surface area contributed by atoms with Crippen molar-refractivity contribution in [3.8, 4) is 0 Å². The molecule has 1 N–H and O–H groups in total. The Hall–Kier alpha value is -3.45. The Morgan fingerprint density at radius 3 is 2.44 bits per heavy atom. The van der Waals surface area contributed by atoms with Crippen LogP contribution in [0.25, 0.3) is 11.2 Å². The van der Waals surface area contributed by atoms with Crippen LogP contribution in [0.3, 0.4) is 0 Å². The maximum absolute atomic E-state index is 5.57. The summed E-state index contributed by atoms with van der Waals surface area (Å²) in [6, 6.07) is 16.8. The van der Waals surface area contributed by atoms with E-state index in [-0.39, 0.29) is 0 Å². The molecule has 1 saturated heterocycles. The van der Waals surface area contributed by atoms with E-state index in [1.165, 1.54) is 16.7 Å². The first-order valence-electron chi connectivity index (χ1n) is 11.0. The fraction of sp³-hybridized carbons (Fsp3) is 0.320. The predicted molar refractivity (Wildman–Crippen MR) is 128 cm³/mol. The number of benzene rings is 2. The first-order chi connectivity index (χ1) is 15.6. The third-order valence-electron chi connectivity index (χ3n) is 5.78. The molecule has 4 aromatic rings. The molecule has 164 valence electrons. The Bertz CT molecular complexity index is 1260. The number of ether oxygens (including phenoxy) is 1. The van der Waals surface area contributed by atoms with Crippen LogP contribution >= 0.6 is 0 Å². The number of aromatic nitrogens is 4. The number of fused-ring (bicyclic) bond motifs is 1. The summed E-state index contributed by atoms with van der Waals surface area (Å²) in [6.07, 6.45) is 0.681. The first kappa shape index (κ1) is 20.5. The van der Waals surface area contributed by atoms with E-state index < -0.39 is 0 Å². The Kier molecular flexibility index (Phi) is 5.49. The van der Waals surface area contributed by atoms with Gasteiger partial charge in [-0.2, -0.15) is 0 Å². The van der Waals surface area contributed by atoms with Gasteiger partial charge in [-0.1, -0.05) is 42.0 Å². The van der Waals surface area contributed by atoms with E-state index in [1.807, 2.05) is 23.7 Å². The molecule has 0 unspecified atom stereocenters. The van der Waals surface area contributed by atoms with Crippen LogP contribution < -0.4 is 10.2 Å². The van der Waals surface area contributed by atoms with Crippen molar-refractivity contribution < 1.29 is 4.74 Å². The highest BCUT2D eigenvalue weighted by atomic mass is 16.5. The zero-order chi connectivity index (χ0) is 22.1. The van der Waals surface area contributed by atoms with Crippen LogP contribution in [0.5, 0.6) is 0 Å². The molecule has 2 aromatic carbocycles. The predicted octanol–water partition coefficient (Wildman–Crippen LogP) is 4.15. The molecule has 1 aliphatic rings. The van der Waals surface area contributed by atoms with E-state index in [2.05, 4.69) is 60.5 Å². The van der Waals surface area contributed by atoms with Crippen LogP contribution in [0.2, 0.25) is 0 Å². The van der Waals surface area contributed by atoms with Crippen LogP contribution in [0.4, 0.5) is 17.5 Å². The van der Waals surface area contributed by atoms with Crippen molar-refractivity contribution in [3.63, 3.8) is 0 Å². The van der Waals surface area contributed by atoms with Gasteiger partial charge in [-0.25, -0.2) is 15.0 Å². The molecule has 3 heterocycles. The van der Waals surface area contributed by atoms with Crippen LogP contribution in [0.1, 0.15) is 22.5 Å². The quantitative estimate of drug-likeness (QED) is 0.515. The lowest BCUT2D eigenvalue weighted by atomic mass is 10.1. The van der Waals surface area contributed by atoms with Gasteiger partial charge in [0.25, 0.3) is 0 Å². The Labute approximate surface area is 188 Å². The molecule has 0 spiro atoms. The van der Waals surface area contributed by atoms with Crippen LogP contribution in [0, 0.1) is 13.8 Å². The largest absolute Gasteiger partial charge is 0.378 e. The summed E-state index contributed by atoms with van der Waals surface area (Å²) in [5, 5.41) is 3.45. The van der Waals surface area contributed by atoms with Gasteiger partial charge < -0.3 is 15.0 Å². The average Bonchev–Trinajstić information content (AvgIpc) is 3.09. The molecule has 0 radical (unpaired) electrons. The number of imidazole rings is 1. The topological polar surface area (TPSA) is 68.1 Å². The van der Waals surface area contributed by atoms with Gasteiger partial charge >= 0.3 is 0 Å². The number of anilines is 3. The molecule has 7 heteroatoms. The summed E-state index contributed by atoms with van der Waals surface area (Å²) in [6.45, 7) is 7.18. The minimum Gasteiger partial charge on any atom is -0.378 e. The number of nitrogens with one attached hydrogen (secondary N) is 1. The zero-order valence-electron chi connectivity index (χ0n) is 18.8. The number of nitrogens with zero attached hydrogens (tertiary/aromatic N) is 5. The second-order valence-corrected chi connectivity index (χ2v) is 8.39. The summed E-state index contributed by atoms with van der Waals surface area (Å²) >= 11 is 0. The second-order valence-electron chi connectivity index (χ2n) is 8.39. The molecule has 0 aliphatic carbocycles. The maximum atomic E-state index is 5.57. The highest BCUT2D eigenvalue weighted by Crippen LogP contribution is 2.28. The minimum atomic E-state index is 0.681. The fourth-order valence-corrected chi connectivity index (χ4v) is 4.13. The van der Waals surface area contributed by atoms with E-state index >= 15 is 0 Å². The van der Waals surface area contributed by atoms with Gasteiger partial charge in [0, 0.05) is 32.2 Å². The molecular weight excluding hydrogens is 400 g/mol. The molecule has 1 aliphatic heterocycles. The fourth-order valence-electron chi connectivity index (χ4n) is 4.13. The number of hydrogen-bond donors (Lipinski definition) is 1. The highest BCUT2D eigenvalue weighted by Gasteiger charge is 2.22. The molecular formula is C25H28N6O. The maximum Gasteiger partial charge on any atom is 0.209 e. The summed E-state index contributed by atoms with van der Waals surface area (Å²) in [7, 11) is 2.00. The van der Waals surface area contributed by atoms with E-state index in [4.69, 9.17) is 19.7 Å². The third-order valence-corrected chi connectivity index (χ3v) is 5.78. The average molecular weight is 429 g/mol. The second kappa shape index (κ2) is 8.59. The molecule has 0 bridgehead atoms. The van der Waals surface area contributed by atoms with Gasteiger partial charge in [-0.15, -0.1) is 0 Å². The molecule has 0 atom stereocenters. The number of morpholine rings is 1. The number of aryl methyl sites for hydroxylation is 3. The van der Waals surface area contributed by atoms with Gasteiger partial charge in [0.1, 0.15) is 5.82 Å². The standard InChI is InChI=1S/C25H28N6O/c1-17-6-4-8-19(14-17)16-21-27-23-22(24(28-21)31-10-12-32-13-11-31)29-25(30(23)3)26-20-9-5-7-18(2)15-20/h4-9,14-15H,10-13,16H2,1-3H3,(H,26,29). The van der Waals surface area contributed by atoms with E-state index in [0.717, 1.165) is 47.5 Å². The van der Waals surface area contributed by atoms with Gasteiger partial charge in [0.2, 0.25) is 5.95 Å². The van der Waals surface area contributed by atoms with Crippen molar-refractivity contribution in [1.29, 1.82) is 0 Å². The number of rotatable bonds is 5. The van der Waals surface area contributed by atoms with Crippen molar-refractivity contribution in [3.05, 3.63) is 71.0 Å². The summed E-state index contributed by atoms with van der Waals surface area (Å²) < 4.78 is 7.59. The van der Waals surface area contributed by atoms with Crippen molar-refractivity contribution in [2.24, 2.45) is 7.05 Å². The van der Waals surface area contributed by atoms with E-state index in [1.54, 1.807) is 0 Å². The van der Waals surface area contributed by atoms with Gasteiger partial charge in [0.05, 0.1) is 13.2 Å². The van der Waals surface area contributed by atoms with E-state index in [0.29, 0.717) is 19.6 Å². The number of hydrogen-bond acceptors (Lipinski definition) is 6. The van der Waals surface area contributed by atoms with Crippen molar-refractivity contribution in [1.82, 2.24) is 19.5 Å². The first-order valence-corrected chi connectivity index (χ1v) is 11.0. The summed E-state index contributed by atoms with van der Waals surface area (Å²) in [5.41, 5.74) is 6.30. The molecule has 5 rings (SSSR count). The lowest BCUT2D eigenvalue weighted by molar-refractivity contribution is 0.122. The molecule has 0 amide bonds. The Morgan fingerprint density at radius 1 is 0.938 bits per heavy atom. The zero-order valence-corrected chi connectivity index (χ0v) is 18.8. The van der Waals surface area contributed by atoms with Crippen LogP contribution in [-0.4, -0.2) is 45.8 Å². The van der Waals surface area contributed by atoms with Crippen molar-refractivity contribution >= 4 is 28.6 Å². The van der Waals surface area contributed by atoms with Gasteiger partial charge in [0.15, 0.2) is 17.0 Å². The molecule has 2 aromatic heterocycles. The van der Waals surface area contributed by atoms with Crippen molar-refractivity contribution in [2.75, 3.05) is 36.5 Å². The van der Waals surface area contributed by atoms with Gasteiger partial charge in [-0.05, 0) is 37.1 Å². The monoisotopic (exact) mass is 428 g/mol. The van der Waals surface area contributed by atoms with Gasteiger partial charge in [-0.3, -0.25) is 4.57 Å². The Morgan fingerprint density at radius 2 is 1.69 bits per heavy atom. The normalized spacial score (nSPS) is 14.2. The van der Waals surface area contributed by atoms with Crippen LogP contribution in [-0.2, 0) is 18.2 Å². The Balaban J connectivity index is 1.58. The van der Waals surface area contributed by atoms with E-state index in [9.17, 15) is 0 Å². The molecule has 1 fully saturated rings. The lowest BCUT2D eigenvalue weighted by Crippen LogP contribution is -2.37. The van der Waals surface area contributed by atoms with Crippen LogP contribution in [0.15, 0.2) is 48.5 Å². The third kappa shape index (κ3) is 4.16. The highest BCUT2D eigenvalue weighted by molar-refractivity contribution is 5.86. The SMILES string of the molecule is Cc1cccc(Cc2nc(N3CCOCC3)c3nc(Nc4cccc(C)c4)n(C)c3n2)c1. The summed E-state index contributed by atoms with van der Waals surface area (Å²) in [5.74, 6) is 2.44. The summed E-state index contributed by atoms with van der Waals surface area (Å²) in [4.78, 5) is 17.1. The molecule has 0 saturated carbocycles. The lowest BCUT2D eigenvalue weighted by Gasteiger charge is -2.28. The molecule has 7 nitrogen and oxygen atoms in total. The smallest absolute Gasteiger partial charge is 0.209 e. The minimum absolute atomic E-state index is 0.681.